The molecule has 6 rings (SSSR count). The maximum absolute atomic E-state index is 14.7. The molecule has 2 amide bonds. The van der Waals surface area contributed by atoms with Crippen LogP contribution in [0.3, 0.4) is 0 Å². The van der Waals surface area contributed by atoms with E-state index in [4.69, 9.17) is 12.2 Å². The Labute approximate surface area is 241 Å². The molecule has 216 valence electrons. The Balaban J connectivity index is 1.23. The summed E-state index contributed by atoms with van der Waals surface area (Å²) in [4.78, 5) is 31.2. The zero-order valence-electron chi connectivity index (χ0n) is 24.6. The quantitative estimate of drug-likeness (QED) is 0.400. The van der Waals surface area contributed by atoms with E-state index in [1.807, 2.05) is 18.0 Å². The summed E-state index contributed by atoms with van der Waals surface area (Å²) < 4.78 is 0. The van der Waals surface area contributed by atoms with Crippen LogP contribution in [0.15, 0.2) is 12.2 Å². The third-order valence-electron chi connectivity index (χ3n) is 12.8. The topological polar surface area (TPSA) is 52.7 Å². The first-order valence-electron chi connectivity index (χ1n) is 16.3. The lowest BCUT2D eigenvalue weighted by Gasteiger charge is -2.60. The van der Waals surface area contributed by atoms with Gasteiger partial charge in [0, 0.05) is 36.5 Å². The van der Waals surface area contributed by atoms with Gasteiger partial charge in [0.05, 0.1) is 0 Å². The van der Waals surface area contributed by atoms with Crippen molar-refractivity contribution in [2.24, 2.45) is 34.5 Å². The zero-order valence-corrected chi connectivity index (χ0v) is 25.4. The number of fused-ring (bicyclic) bond motifs is 5. The van der Waals surface area contributed by atoms with Crippen LogP contribution in [0.4, 0.5) is 0 Å². The highest BCUT2D eigenvalue weighted by molar-refractivity contribution is 7.80. The van der Waals surface area contributed by atoms with E-state index >= 15 is 0 Å². The lowest BCUT2D eigenvalue weighted by atomic mass is 9.47. The highest BCUT2D eigenvalue weighted by Crippen LogP contribution is 2.65. The number of nitrogens with zero attached hydrogens (tertiary/aromatic N) is 2. The van der Waals surface area contributed by atoms with Crippen LogP contribution in [-0.4, -0.2) is 51.9 Å². The molecule has 2 unspecified atom stereocenters. The Morgan fingerprint density at radius 2 is 1.62 bits per heavy atom. The molecule has 1 N–H and O–H groups in total. The van der Waals surface area contributed by atoms with Crippen LogP contribution in [0.1, 0.15) is 117 Å². The molecular formula is C33H51N3O2S. The summed E-state index contributed by atoms with van der Waals surface area (Å²) in [6.07, 6.45) is 22.9. The maximum atomic E-state index is 14.7. The number of amides is 2. The minimum absolute atomic E-state index is 0.0502. The molecule has 0 aromatic heterocycles. The molecule has 5 fully saturated rings. The summed E-state index contributed by atoms with van der Waals surface area (Å²) in [5.41, 5.74) is 0.101. The van der Waals surface area contributed by atoms with E-state index < -0.39 is 0 Å². The third-order valence-corrected chi connectivity index (χ3v) is 13.1. The molecule has 6 aliphatic rings. The van der Waals surface area contributed by atoms with Gasteiger partial charge in [-0.15, -0.1) is 0 Å². The van der Waals surface area contributed by atoms with Crippen molar-refractivity contribution in [3.8, 4) is 0 Å². The van der Waals surface area contributed by atoms with Gasteiger partial charge in [-0.1, -0.05) is 58.4 Å². The Kier molecular flexibility index (Phi) is 7.65. The lowest BCUT2D eigenvalue weighted by Crippen LogP contribution is -2.60. The second kappa shape index (κ2) is 10.8. The van der Waals surface area contributed by atoms with E-state index in [9.17, 15) is 9.59 Å². The van der Waals surface area contributed by atoms with E-state index in [0.29, 0.717) is 35.7 Å². The molecule has 7 atom stereocenters. The van der Waals surface area contributed by atoms with Gasteiger partial charge in [0.15, 0.2) is 5.11 Å². The van der Waals surface area contributed by atoms with Crippen molar-refractivity contribution in [3.05, 3.63) is 12.2 Å². The summed E-state index contributed by atoms with van der Waals surface area (Å²) in [6.45, 7) is 4.87. The van der Waals surface area contributed by atoms with Crippen LogP contribution < -0.4 is 5.32 Å². The maximum Gasteiger partial charge on any atom is 0.246 e. The van der Waals surface area contributed by atoms with Gasteiger partial charge in [0.25, 0.3) is 0 Å². The van der Waals surface area contributed by atoms with Crippen LogP contribution in [0.2, 0.25) is 0 Å². The summed E-state index contributed by atoms with van der Waals surface area (Å²) in [6, 6.07) is 1.00. The number of hydrogen-bond donors (Lipinski definition) is 1. The molecular weight excluding hydrogens is 502 g/mol. The molecule has 0 saturated heterocycles. The summed E-state index contributed by atoms with van der Waals surface area (Å²) in [7, 11) is 2.00. The lowest BCUT2D eigenvalue weighted by molar-refractivity contribution is -0.146. The second-order valence-electron chi connectivity index (χ2n) is 14.6. The van der Waals surface area contributed by atoms with Gasteiger partial charge in [0.1, 0.15) is 0 Å². The molecule has 0 aromatic carbocycles. The molecule has 39 heavy (non-hydrogen) atoms. The first-order valence-corrected chi connectivity index (χ1v) is 16.7. The number of carbonyl (C=O) groups excluding carboxylic acids is 2. The van der Waals surface area contributed by atoms with Gasteiger partial charge < -0.3 is 10.2 Å². The predicted molar refractivity (Wildman–Crippen MR) is 160 cm³/mol. The smallest absolute Gasteiger partial charge is 0.246 e. The number of nitrogens with one attached hydrogen (secondary N) is 1. The predicted octanol–water partition coefficient (Wildman–Crippen LogP) is 6.61. The molecule has 0 radical (unpaired) electrons. The van der Waals surface area contributed by atoms with Crippen molar-refractivity contribution in [1.29, 1.82) is 0 Å². The number of rotatable bonds is 3. The minimum atomic E-state index is 0.0502. The molecule has 5 saturated carbocycles. The first-order chi connectivity index (χ1) is 18.7. The van der Waals surface area contributed by atoms with Crippen molar-refractivity contribution >= 4 is 29.1 Å². The monoisotopic (exact) mass is 553 g/mol. The summed E-state index contributed by atoms with van der Waals surface area (Å²) >= 11 is 6.08. The number of hydrogen-bond acceptors (Lipinski definition) is 3. The SMILES string of the molecule is CN1C(=O)C=C[C@@]2(C)C1CC[C@@H]1[C@H]2CC[C@]2(C)C(C(=O)N(C(=S)NC3CCCCC3)C3CCCCC3)CC[C@@H]12. The van der Waals surface area contributed by atoms with E-state index in [2.05, 4.69) is 30.1 Å². The molecule has 5 aliphatic carbocycles. The molecule has 0 spiro atoms. The minimum Gasteiger partial charge on any atom is -0.359 e. The van der Waals surface area contributed by atoms with Crippen molar-refractivity contribution in [2.75, 3.05) is 7.05 Å². The average molecular weight is 554 g/mol. The van der Waals surface area contributed by atoms with E-state index in [0.717, 1.165) is 50.1 Å². The van der Waals surface area contributed by atoms with Crippen LogP contribution in [-0.2, 0) is 9.59 Å². The van der Waals surface area contributed by atoms with Gasteiger partial charge in [-0.3, -0.25) is 14.5 Å². The van der Waals surface area contributed by atoms with Gasteiger partial charge in [0.2, 0.25) is 11.8 Å². The standard InChI is InChI=1S/C33H51N3O2S/c1-32-20-18-26-24(14-17-28-33(26,2)21-19-29(37)35(28)3)25(32)15-16-27(32)30(38)36(23-12-8-5-9-13-23)31(39)34-22-10-6-4-7-11-22/h19,21-28H,4-18,20H2,1-3H3,(H,34,39)/t24-,25-,26+,27?,28?,32-,33+/m0/s1. The highest BCUT2D eigenvalue weighted by atomic mass is 32.1. The average Bonchev–Trinajstić information content (AvgIpc) is 3.29. The Bertz CT molecular complexity index is 1000. The molecule has 6 heteroatoms. The zero-order chi connectivity index (χ0) is 27.4. The highest BCUT2D eigenvalue weighted by Gasteiger charge is 2.62. The molecule has 1 heterocycles. The summed E-state index contributed by atoms with van der Waals surface area (Å²) in [5.74, 6) is 2.40. The van der Waals surface area contributed by atoms with Gasteiger partial charge in [-0.2, -0.15) is 0 Å². The number of thiocarbonyl (C=S) groups is 1. The molecule has 1 aliphatic heterocycles. The van der Waals surface area contributed by atoms with Crippen LogP contribution in [0, 0.1) is 34.5 Å². The van der Waals surface area contributed by atoms with Crippen LogP contribution >= 0.6 is 12.2 Å². The molecule has 0 bridgehead atoms. The van der Waals surface area contributed by atoms with Gasteiger partial charge in [-0.05, 0) is 106 Å². The first kappa shape index (κ1) is 27.7. The fourth-order valence-electron chi connectivity index (χ4n) is 10.6. The summed E-state index contributed by atoms with van der Waals surface area (Å²) in [5, 5.41) is 4.42. The Morgan fingerprint density at radius 3 is 2.33 bits per heavy atom. The van der Waals surface area contributed by atoms with E-state index in [-0.39, 0.29) is 28.7 Å². The van der Waals surface area contributed by atoms with E-state index in [1.165, 1.54) is 57.8 Å². The van der Waals surface area contributed by atoms with Crippen molar-refractivity contribution < 1.29 is 9.59 Å². The van der Waals surface area contributed by atoms with Crippen molar-refractivity contribution in [1.82, 2.24) is 15.1 Å². The van der Waals surface area contributed by atoms with Crippen molar-refractivity contribution in [3.63, 3.8) is 0 Å². The van der Waals surface area contributed by atoms with Crippen molar-refractivity contribution in [2.45, 2.75) is 135 Å². The van der Waals surface area contributed by atoms with Crippen LogP contribution in [0.25, 0.3) is 0 Å². The Hall–Kier alpha value is -1.43. The second-order valence-corrected chi connectivity index (χ2v) is 15.0. The Morgan fingerprint density at radius 1 is 0.923 bits per heavy atom. The van der Waals surface area contributed by atoms with E-state index in [1.54, 1.807) is 0 Å². The third kappa shape index (κ3) is 4.69. The largest absolute Gasteiger partial charge is 0.359 e. The molecule has 5 nitrogen and oxygen atoms in total. The molecule has 0 aromatic rings. The number of likely N-dealkylation sites (N-methyl/N-ethyl adjacent to an activating group) is 1. The normalized spacial score (nSPS) is 40.9. The fourth-order valence-corrected chi connectivity index (χ4v) is 11.0. The fraction of sp³-hybridized carbons (Fsp3) is 0.848. The number of carbonyl (C=O) groups is 2. The van der Waals surface area contributed by atoms with Gasteiger partial charge >= 0.3 is 0 Å². The van der Waals surface area contributed by atoms with Gasteiger partial charge in [-0.25, -0.2) is 0 Å². The van der Waals surface area contributed by atoms with Crippen LogP contribution in [0.5, 0.6) is 0 Å².